The van der Waals surface area contributed by atoms with Crippen LogP contribution in [0.1, 0.15) is 33.1 Å². The number of aromatic nitrogens is 2. The molecule has 1 aromatic rings. The summed E-state index contributed by atoms with van der Waals surface area (Å²) in [7, 11) is 1.78. The number of carbonyl (C=O) groups excluding carboxylic acids is 1. The molecule has 0 spiro atoms. The topological polar surface area (TPSA) is 47.4 Å². The first-order valence-corrected chi connectivity index (χ1v) is 8.65. The Kier molecular flexibility index (Phi) is 3.18. The first-order valence-electron chi connectivity index (χ1n) is 8.65. The third-order valence-corrected chi connectivity index (χ3v) is 6.47. The highest BCUT2D eigenvalue weighted by molar-refractivity contribution is 5.85. The van der Waals surface area contributed by atoms with Gasteiger partial charge in [0.2, 0.25) is 5.91 Å². The highest BCUT2D eigenvalue weighted by atomic mass is 16.5. The number of ether oxygens (including phenoxy) is 1. The molecule has 0 bridgehead atoms. The van der Waals surface area contributed by atoms with Crippen LogP contribution >= 0.6 is 0 Å². The Hall–Kier alpha value is -1.36. The molecule has 23 heavy (non-hydrogen) atoms. The smallest absolute Gasteiger partial charge is 0.230 e. The van der Waals surface area contributed by atoms with Gasteiger partial charge in [-0.15, -0.1) is 0 Å². The van der Waals surface area contributed by atoms with E-state index in [-0.39, 0.29) is 10.8 Å². The van der Waals surface area contributed by atoms with Gasteiger partial charge >= 0.3 is 0 Å². The molecule has 2 saturated carbocycles. The number of hydrogen-bond donors (Lipinski definition) is 0. The molecule has 0 radical (unpaired) electrons. The first kappa shape index (κ1) is 15.2. The minimum atomic E-state index is -0.178. The predicted octanol–water partition coefficient (Wildman–Crippen LogP) is 2.18. The van der Waals surface area contributed by atoms with Gasteiger partial charge in [-0.25, -0.2) is 4.98 Å². The summed E-state index contributed by atoms with van der Waals surface area (Å²) in [5, 5.41) is 0. The minimum absolute atomic E-state index is 0.178. The normalized spacial score (nSPS) is 33.2. The van der Waals surface area contributed by atoms with Crippen molar-refractivity contribution in [3.8, 4) is 0 Å². The van der Waals surface area contributed by atoms with Crippen molar-refractivity contribution in [2.75, 3.05) is 26.8 Å². The number of fused-ring (bicyclic) bond motifs is 1. The minimum Gasteiger partial charge on any atom is -0.384 e. The summed E-state index contributed by atoms with van der Waals surface area (Å²) in [5.41, 5.74) is 0.344. The zero-order valence-electron chi connectivity index (χ0n) is 14.4. The molecule has 1 aromatic heterocycles. The molecule has 0 aromatic carbocycles. The highest BCUT2D eigenvalue weighted by Crippen LogP contribution is 2.63. The molecule has 1 amide bonds. The molecule has 2 heterocycles. The Morgan fingerprint density at radius 3 is 2.74 bits per heavy atom. The molecule has 4 rings (SSSR count). The van der Waals surface area contributed by atoms with E-state index < -0.39 is 0 Å². The van der Waals surface area contributed by atoms with E-state index >= 15 is 0 Å². The Morgan fingerprint density at radius 2 is 2.17 bits per heavy atom. The van der Waals surface area contributed by atoms with Crippen LogP contribution in [0.5, 0.6) is 0 Å². The van der Waals surface area contributed by atoms with E-state index in [0.717, 1.165) is 45.5 Å². The molecular formula is C18H27N3O2. The maximum atomic E-state index is 13.2. The summed E-state index contributed by atoms with van der Waals surface area (Å²) < 4.78 is 7.55. The summed E-state index contributed by atoms with van der Waals surface area (Å²) in [4.78, 5) is 19.4. The van der Waals surface area contributed by atoms with Crippen molar-refractivity contribution in [2.45, 2.75) is 39.7 Å². The van der Waals surface area contributed by atoms with E-state index in [4.69, 9.17) is 4.74 Å². The van der Waals surface area contributed by atoms with Gasteiger partial charge in [-0.3, -0.25) is 4.79 Å². The summed E-state index contributed by atoms with van der Waals surface area (Å²) in [5.74, 6) is 0.926. The Bertz CT molecular complexity index is 606. The summed E-state index contributed by atoms with van der Waals surface area (Å²) in [6.07, 6.45) is 8.73. The van der Waals surface area contributed by atoms with Gasteiger partial charge in [-0.1, -0.05) is 13.8 Å². The van der Waals surface area contributed by atoms with Crippen molar-refractivity contribution in [3.63, 3.8) is 0 Å². The van der Waals surface area contributed by atoms with Gasteiger partial charge in [0.15, 0.2) is 0 Å². The van der Waals surface area contributed by atoms with Crippen LogP contribution in [0.15, 0.2) is 18.7 Å². The third kappa shape index (κ3) is 2.24. The first-order chi connectivity index (χ1) is 10.9. The van der Waals surface area contributed by atoms with Crippen LogP contribution < -0.4 is 0 Å². The number of amides is 1. The number of likely N-dealkylation sites (tertiary alicyclic amines) is 1. The van der Waals surface area contributed by atoms with E-state index in [1.54, 1.807) is 13.3 Å². The molecule has 0 unspecified atom stereocenters. The maximum Gasteiger partial charge on any atom is 0.230 e. The molecule has 5 heteroatoms. The lowest BCUT2D eigenvalue weighted by atomic mass is 9.48. The van der Waals surface area contributed by atoms with Crippen molar-refractivity contribution in [1.82, 2.24) is 14.5 Å². The average molecular weight is 317 g/mol. The predicted molar refractivity (Wildman–Crippen MR) is 86.7 cm³/mol. The van der Waals surface area contributed by atoms with Crippen molar-refractivity contribution < 1.29 is 9.53 Å². The lowest BCUT2D eigenvalue weighted by Crippen LogP contribution is -2.55. The fourth-order valence-corrected chi connectivity index (χ4v) is 5.42. The van der Waals surface area contributed by atoms with E-state index in [1.165, 1.54) is 0 Å². The van der Waals surface area contributed by atoms with E-state index in [2.05, 4.69) is 23.7 Å². The van der Waals surface area contributed by atoms with Crippen LogP contribution in [0.25, 0.3) is 0 Å². The van der Waals surface area contributed by atoms with Gasteiger partial charge in [0.25, 0.3) is 0 Å². The van der Waals surface area contributed by atoms with Crippen LogP contribution in [-0.2, 0) is 16.1 Å². The standard InChI is InChI=1S/C18H27N3O2/c1-16(2)9-18(12-23-3)11-21(8-14(16)18)15(22)17(4-5-17)10-20-7-6-19-13-20/h6-7,13-14H,4-5,8-12H2,1-3H3/t14-,18-/m1/s1. The van der Waals surface area contributed by atoms with E-state index in [1.807, 2.05) is 17.1 Å². The molecular weight excluding hydrogens is 290 g/mol. The number of hydrogen-bond acceptors (Lipinski definition) is 3. The number of methoxy groups -OCH3 is 1. The third-order valence-electron chi connectivity index (χ3n) is 6.47. The molecule has 3 aliphatic rings. The van der Waals surface area contributed by atoms with Crippen LogP contribution in [-0.4, -0.2) is 47.2 Å². The second-order valence-corrected chi connectivity index (χ2v) is 8.71. The molecule has 1 aliphatic heterocycles. The Balaban J connectivity index is 1.50. The van der Waals surface area contributed by atoms with Gasteiger partial charge in [0.1, 0.15) is 0 Å². The highest BCUT2D eigenvalue weighted by Gasteiger charge is 2.65. The lowest BCUT2D eigenvalue weighted by Gasteiger charge is -2.56. The zero-order valence-corrected chi connectivity index (χ0v) is 14.4. The van der Waals surface area contributed by atoms with Gasteiger partial charge in [0, 0.05) is 44.6 Å². The Morgan fingerprint density at radius 1 is 1.39 bits per heavy atom. The molecule has 2 aliphatic carbocycles. The summed E-state index contributed by atoms with van der Waals surface area (Å²) in [6, 6.07) is 0. The van der Waals surface area contributed by atoms with Crippen molar-refractivity contribution >= 4 is 5.91 Å². The summed E-state index contributed by atoms with van der Waals surface area (Å²) >= 11 is 0. The van der Waals surface area contributed by atoms with Gasteiger partial charge in [-0.2, -0.15) is 0 Å². The second kappa shape index (κ2) is 4.82. The molecule has 0 N–H and O–H groups in total. The Labute approximate surface area is 138 Å². The van der Waals surface area contributed by atoms with Crippen molar-refractivity contribution in [3.05, 3.63) is 18.7 Å². The van der Waals surface area contributed by atoms with Crippen LogP contribution in [0.2, 0.25) is 0 Å². The van der Waals surface area contributed by atoms with Crippen LogP contribution in [0, 0.1) is 22.2 Å². The fourth-order valence-electron chi connectivity index (χ4n) is 5.42. The lowest BCUT2D eigenvalue weighted by molar-refractivity contribution is -0.137. The monoisotopic (exact) mass is 317 g/mol. The van der Waals surface area contributed by atoms with E-state index in [0.29, 0.717) is 17.2 Å². The number of carbonyl (C=O) groups is 1. The molecule has 1 saturated heterocycles. The SMILES string of the molecule is COC[C@@]12CN(C(=O)C3(Cn4ccnc4)CC3)C[C@@H]1C(C)(C)C2. The quantitative estimate of drug-likeness (QED) is 0.836. The summed E-state index contributed by atoms with van der Waals surface area (Å²) in [6.45, 7) is 7.99. The van der Waals surface area contributed by atoms with Gasteiger partial charge in [-0.05, 0) is 30.6 Å². The number of imidazole rings is 1. The van der Waals surface area contributed by atoms with Crippen molar-refractivity contribution in [2.24, 2.45) is 22.2 Å². The van der Waals surface area contributed by atoms with Gasteiger partial charge < -0.3 is 14.2 Å². The molecule has 3 fully saturated rings. The molecule has 2 atom stereocenters. The second-order valence-electron chi connectivity index (χ2n) is 8.71. The average Bonchev–Trinajstić information content (AvgIpc) is 2.93. The molecule has 5 nitrogen and oxygen atoms in total. The van der Waals surface area contributed by atoms with Gasteiger partial charge in [0.05, 0.1) is 18.3 Å². The molecule has 126 valence electrons. The maximum absolute atomic E-state index is 13.2. The number of rotatable bonds is 5. The van der Waals surface area contributed by atoms with Crippen molar-refractivity contribution in [1.29, 1.82) is 0 Å². The van der Waals surface area contributed by atoms with Crippen LogP contribution in [0.3, 0.4) is 0 Å². The van der Waals surface area contributed by atoms with Crippen LogP contribution in [0.4, 0.5) is 0 Å². The largest absolute Gasteiger partial charge is 0.384 e. The fraction of sp³-hybridized carbons (Fsp3) is 0.778. The van der Waals surface area contributed by atoms with E-state index in [9.17, 15) is 4.79 Å². The number of nitrogens with zero attached hydrogens (tertiary/aromatic N) is 3. The zero-order chi connectivity index (χ0) is 16.3.